The number of carboxylic acid groups (broad SMARTS) is 1. The zero-order valence-electron chi connectivity index (χ0n) is 15.1. The van der Waals surface area contributed by atoms with Gasteiger partial charge in [-0.05, 0) is 41.7 Å². The Labute approximate surface area is 152 Å². The quantitative estimate of drug-likeness (QED) is 0.913. The lowest BCUT2D eigenvalue weighted by molar-refractivity contribution is -0.118. The minimum absolute atomic E-state index is 0.00642. The summed E-state index contributed by atoms with van der Waals surface area (Å²) in [6.07, 6.45) is 6.29. The third kappa shape index (κ3) is 3.49. The molecule has 0 spiro atoms. The number of carbonyl (C=O) groups excluding carboxylic acids is 1. The maximum absolute atomic E-state index is 11.8. The predicted octanol–water partition coefficient (Wildman–Crippen LogP) is 3.38. The standard InChI is InChI=1S/C20H21N3O3/c1-12(2)19-15(20(25)26)11-21-17(22-19)8-5-13-4-7-16-14(10-13)6-9-18(24)23(16)3/h4-5,7-8,10-12H,6,9H2,1-3H3,(H,25,26)/b8-5+. The van der Waals surface area contributed by atoms with Crippen LogP contribution in [-0.4, -0.2) is 34.0 Å². The van der Waals surface area contributed by atoms with E-state index in [2.05, 4.69) is 16.0 Å². The van der Waals surface area contributed by atoms with Crippen LogP contribution >= 0.6 is 0 Å². The molecular weight excluding hydrogens is 330 g/mol. The maximum atomic E-state index is 11.8. The number of carbonyl (C=O) groups is 2. The van der Waals surface area contributed by atoms with E-state index in [9.17, 15) is 14.7 Å². The van der Waals surface area contributed by atoms with Crippen LogP contribution in [0.5, 0.6) is 0 Å². The highest BCUT2D eigenvalue weighted by Gasteiger charge is 2.20. The van der Waals surface area contributed by atoms with Crippen molar-refractivity contribution in [1.29, 1.82) is 0 Å². The molecule has 134 valence electrons. The van der Waals surface area contributed by atoms with Gasteiger partial charge in [0.1, 0.15) is 0 Å². The molecule has 6 nitrogen and oxygen atoms in total. The zero-order valence-corrected chi connectivity index (χ0v) is 15.1. The Morgan fingerprint density at radius 2 is 2.04 bits per heavy atom. The summed E-state index contributed by atoms with van der Waals surface area (Å²) >= 11 is 0. The van der Waals surface area contributed by atoms with E-state index in [-0.39, 0.29) is 17.4 Å². The van der Waals surface area contributed by atoms with Crippen LogP contribution in [0, 0.1) is 0 Å². The van der Waals surface area contributed by atoms with E-state index < -0.39 is 5.97 Å². The molecule has 0 aliphatic carbocycles. The van der Waals surface area contributed by atoms with Gasteiger partial charge in [0.25, 0.3) is 0 Å². The third-order valence-corrected chi connectivity index (χ3v) is 4.49. The highest BCUT2D eigenvalue weighted by Crippen LogP contribution is 2.28. The van der Waals surface area contributed by atoms with Gasteiger partial charge in [0.05, 0.1) is 11.3 Å². The molecule has 3 rings (SSSR count). The van der Waals surface area contributed by atoms with Gasteiger partial charge < -0.3 is 10.0 Å². The van der Waals surface area contributed by atoms with E-state index in [1.165, 1.54) is 6.20 Å². The minimum atomic E-state index is -1.02. The first-order valence-electron chi connectivity index (χ1n) is 8.54. The van der Waals surface area contributed by atoms with Gasteiger partial charge in [-0.2, -0.15) is 0 Å². The Morgan fingerprint density at radius 1 is 1.27 bits per heavy atom. The van der Waals surface area contributed by atoms with Crippen molar-refractivity contribution in [1.82, 2.24) is 9.97 Å². The number of rotatable bonds is 4. The summed E-state index contributed by atoms with van der Waals surface area (Å²) in [5, 5.41) is 9.24. The summed E-state index contributed by atoms with van der Waals surface area (Å²) in [5.74, 6) is -0.414. The van der Waals surface area contributed by atoms with Crippen molar-refractivity contribution in [2.45, 2.75) is 32.6 Å². The summed E-state index contributed by atoms with van der Waals surface area (Å²) < 4.78 is 0. The van der Waals surface area contributed by atoms with Crippen molar-refractivity contribution in [3.8, 4) is 0 Å². The van der Waals surface area contributed by atoms with Gasteiger partial charge in [0, 0.05) is 25.4 Å². The molecule has 2 heterocycles. The summed E-state index contributed by atoms with van der Waals surface area (Å²) in [6.45, 7) is 3.81. The molecule has 6 heteroatoms. The number of anilines is 1. The van der Waals surface area contributed by atoms with Crippen LogP contribution < -0.4 is 4.90 Å². The van der Waals surface area contributed by atoms with E-state index in [4.69, 9.17) is 0 Å². The van der Waals surface area contributed by atoms with E-state index in [0.717, 1.165) is 23.2 Å². The number of fused-ring (bicyclic) bond motifs is 1. The van der Waals surface area contributed by atoms with Crippen LogP contribution in [0.15, 0.2) is 24.4 Å². The van der Waals surface area contributed by atoms with Crippen LogP contribution in [0.2, 0.25) is 0 Å². The van der Waals surface area contributed by atoms with Crippen LogP contribution in [0.4, 0.5) is 5.69 Å². The topological polar surface area (TPSA) is 83.4 Å². The van der Waals surface area contributed by atoms with Crippen LogP contribution in [0.3, 0.4) is 0 Å². The molecule has 1 aliphatic rings. The molecule has 26 heavy (non-hydrogen) atoms. The molecule has 2 aromatic rings. The summed E-state index contributed by atoms with van der Waals surface area (Å²) in [6, 6.07) is 5.95. The monoisotopic (exact) mass is 351 g/mol. The Morgan fingerprint density at radius 3 is 2.73 bits per heavy atom. The van der Waals surface area contributed by atoms with Crippen molar-refractivity contribution in [2.24, 2.45) is 0 Å². The fourth-order valence-corrected chi connectivity index (χ4v) is 3.05. The van der Waals surface area contributed by atoms with E-state index in [1.807, 2.05) is 32.1 Å². The van der Waals surface area contributed by atoms with Gasteiger partial charge in [-0.25, -0.2) is 14.8 Å². The molecule has 1 N–H and O–H groups in total. The highest BCUT2D eigenvalue weighted by atomic mass is 16.4. The number of aryl methyl sites for hydroxylation is 1. The Bertz CT molecular complexity index is 903. The van der Waals surface area contributed by atoms with Gasteiger partial charge in [0.2, 0.25) is 5.91 Å². The fraction of sp³-hybridized carbons (Fsp3) is 0.300. The number of benzene rings is 1. The molecule has 0 unspecified atom stereocenters. The number of carboxylic acids is 1. The largest absolute Gasteiger partial charge is 0.478 e. The number of aromatic carboxylic acids is 1. The van der Waals surface area contributed by atoms with Gasteiger partial charge in [-0.15, -0.1) is 0 Å². The van der Waals surface area contributed by atoms with E-state index in [1.54, 1.807) is 18.0 Å². The van der Waals surface area contributed by atoms with Crippen LogP contribution in [0.25, 0.3) is 12.2 Å². The number of hydrogen-bond donors (Lipinski definition) is 1. The maximum Gasteiger partial charge on any atom is 0.339 e. The molecule has 1 amide bonds. The van der Waals surface area contributed by atoms with E-state index in [0.29, 0.717) is 17.9 Å². The number of hydrogen-bond acceptors (Lipinski definition) is 4. The predicted molar refractivity (Wildman–Crippen MR) is 100 cm³/mol. The summed E-state index contributed by atoms with van der Waals surface area (Å²) in [5.41, 5.74) is 3.74. The van der Waals surface area contributed by atoms with Crippen molar-refractivity contribution >= 4 is 29.7 Å². The smallest absolute Gasteiger partial charge is 0.339 e. The lowest BCUT2D eigenvalue weighted by Crippen LogP contribution is -2.30. The first kappa shape index (κ1) is 17.8. The number of nitrogens with zero attached hydrogens (tertiary/aromatic N) is 3. The minimum Gasteiger partial charge on any atom is -0.478 e. The van der Waals surface area contributed by atoms with E-state index >= 15 is 0 Å². The Balaban J connectivity index is 1.88. The summed E-state index contributed by atoms with van der Waals surface area (Å²) in [7, 11) is 1.79. The Hall–Kier alpha value is -3.02. The lowest BCUT2D eigenvalue weighted by atomic mass is 9.99. The van der Waals surface area contributed by atoms with Crippen molar-refractivity contribution in [3.63, 3.8) is 0 Å². The first-order chi connectivity index (χ1) is 12.4. The Kier molecular flexibility index (Phi) is 4.84. The molecule has 0 saturated carbocycles. The zero-order chi connectivity index (χ0) is 18.8. The average molecular weight is 351 g/mol. The third-order valence-electron chi connectivity index (χ3n) is 4.49. The number of amides is 1. The molecule has 0 atom stereocenters. The molecule has 1 aromatic carbocycles. The second kappa shape index (κ2) is 7.07. The molecule has 1 aliphatic heterocycles. The SMILES string of the molecule is CC(C)c1nc(/C=C/c2ccc3c(c2)CCC(=O)N3C)ncc1C(=O)O. The number of aromatic nitrogens is 2. The van der Waals surface area contributed by atoms with Crippen molar-refractivity contribution < 1.29 is 14.7 Å². The van der Waals surface area contributed by atoms with Gasteiger partial charge in [0.15, 0.2) is 5.82 Å². The molecule has 1 aromatic heterocycles. The molecule has 0 bridgehead atoms. The fourth-order valence-electron chi connectivity index (χ4n) is 3.05. The van der Waals surface area contributed by atoms with Gasteiger partial charge in [-0.1, -0.05) is 26.0 Å². The first-order valence-corrected chi connectivity index (χ1v) is 8.54. The normalized spacial score (nSPS) is 14.2. The molecular formula is C20H21N3O3. The lowest BCUT2D eigenvalue weighted by Gasteiger charge is -2.25. The second-order valence-corrected chi connectivity index (χ2v) is 6.66. The highest BCUT2D eigenvalue weighted by molar-refractivity contribution is 5.96. The second-order valence-electron chi connectivity index (χ2n) is 6.66. The van der Waals surface area contributed by atoms with Crippen LogP contribution in [0.1, 0.15) is 59.2 Å². The molecule has 0 fully saturated rings. The van der Waals surface area contributed by atoms with Crippen molar-refractivity contribution in [2.75, 3.05) is 11.9 Å². The summed E-state index contributed by atoms with van der Waals surface area (Å²) in [4.78, 5) is 33.3. The molecule has 0 radical (unpaired) electrons. The molecule has 0 saturated heterocycles. The van der Waals surface area contributed by atoms with Gasteiger partial charge in [-0.3, -0.25) is 4.79 Å². The van der Waals surface area contributed by atoms with Crippen LogP contribution in [-0.2, 0) is 11.2 Å². The van der Waals surface area contributed by atoms with Crippen molar-refractivity contribution in [3.05, 3.63) is 52.6 Å². The average Bonchev–Trinajstić information content (AvgIpc) is 2.62. The van der Waals surface area contributed by atoms with Gasteiger partial charge >= 0.3 is 5.97 Å².